The number of carbonyl (C=O) groups excluding carboxylic acids is 1. The molecule has 1 aliphatic rings. The van der Waals surface area contributed by atoms with Gasteiger partial charge in [0.05, 0.1) is 5.92 Å². The molecular formula is C14H10ClNO. The standard InChI is InChI=1S/C14H10ClNO/c15-10-7-5-9(6-8-10)13-11-3-1-2-4-12(11)16-14(13)17/h1-8,13H,(H,16,17). The van der Waals surface area contributed by atoms with Crippen molar-refractivity contribution in [1.29, 1.82) is 0 Å². The van der Waals surface area contributed by atoms with Crippen LogP contribution in [0.3, 0.4) is 0 Å². The number of halogens is 1. The summed E-state index contributed by atoms with van der Waals surface area (Å²) in [4.78, 5) is 12.0. The maximum absolute atomic E-state index is 12.0. The molecular weight excluding hydrogens is 234 g/mol. The fraction of sp³-hybridized carbons (Fsp3) is 0.0714. The van der Waals surface area contributed by atoms with Crippen LogP contribution in [0.25, 0.3) is 0 Å². The molecule has 84 valence electrons. The molecule has 0 saturated carbocycles. The van der Waals surface area contributed by atoms with Crippen LogP contribution in [-0.4, -0.2) is 5.91 Å². The molecule has 17 heavy (non-hydrogen) atoms. The Balaban J connectivity index is 2.09. The van der Waals surface area contributed by atoms with Crippen molar-refractivity contribution in [3.8, 4) is 0 Å². The minimum Gasteiger partial charge on any atom is -0.325 e. The lowest BCUT2D eigenvalue weighted by Crippen LogP contribution is -2.12. The number of hydrogen-bond donors (Lipinski definition) is 1. The Morgan fingerprint density at radius 2 is 1.71 bits per heavy atom. The number of nitrogens with one attached hydrogen (secondary N) is 1. The molecule has 1 aliphatic heterocycles. The van der Waals surface area contributed by atoms with Crippen molar-refractivity contribution >= 4 is 23.2 Å². The number of anilines is 1. The molecule has 0 fully saturated rings. The van der Waals surface area contributed by atoms with E-state index in [9.17, 15) is 4.79 Å². The van der Waals surface area contributed by atoms with Crippen molar-refractivity contribution in [3.05, 3.63) is 64.7 Å². The molecule has 1 atom stereocenters. The van der Waals surface area contributed by atoms with Crippen LogP contribution in [0.1, 0.15) is 17.0 Å². The zero-order valence-electron chi connectivity index (χ0n) is 8.98. The molecule has 1 amide bonds. The summed E-state index contributed by atoms with van der Waals surface area (Å²) in [6.07, 6.45) is 0. The summed E-state index contributed by atoms with van der Waals surface area (Å²) in [5.74, 6) is -0.197. The molecule has 2 aromatic carbocycles. The maximum Gasteiger partial charge on any atom is 0.236 e. The van der Waals surface area contributed by atoms with Crippen LogP contribution in [0.4, 0.5) is 5.69 Å². The molecule has 0 radical (unpaired) electrons. The monoisotopic (exact) mass is 243 g/mol. The van der Waals surface area contributed by atoms with E-state index < -0.39 is 0 Å². The summed E-state index contributed by atoms with van der Waals surface area (Å²) in [5, 5.41) is 3.57. The lowest BCUT2D eigenvalue weighted by molar-refractivity contribution is -0.116. The summed E-state index contributed by atoms with van der Waals surface area (Å²) in [6, 6.07) is 15.2. The summed E-state index contributed by atoms with van der Waals surface area (Å²) < 4.78 is 0. The van der Waals surface area contributed by atoms with Crippen LogP contribution in [0.2, 0.25) is 5.02 Å². The molecule has 2 nitrogen and oxygen atoms in total. The Kier molecular flexibility index (Phi) is 2.37. The largest absolute Gasteiger partial charge is 0.325 e. The smallest absolute Gasteiger partial charge is 0.236 e. The summed E-state index contributed by atoms with van der Waals surface area (Å²) in [6.45, 7) is 0. The van der Waals surface area contributed by atoms with E-state index >= 15 is 0 Å². The first-order valence-corrected chi connectivity index (χ1v) is 5.79. The van der Waals surface area contributed by atoms with Crippen molar-refractivity contribution < 1.29 is 4.79 Å². The Hall–Kier alpha value is -1.80. The molecule has 0 aliphatic carbocycles. The van der Waals surface area contributed by atoms with E-state index in [1.54, 1.807) is 0 Å². The van der Waals surface area contributed by atoms with E-state index in [4.69, 9.17) is 11.6 Å². The highest BCUT2D eigenvalue weighted by Crippen LogP contribution is 2.36. The number of fused-ring (bicyclic) bond motifs is 1. The van der Waals surface area contributed by atoms with Gasteiger partial charge in [0.25, 0.3) is 0 Å². The Morgan fingerprint density at radius 3 is 2.47 bits per heavy atom. The third kappa shape index (κ3) is 1.71. The first-order chi connectivity index (χ1) is 8.25. The fourth-order valence-corrected chi connectivity index (χ4v) is 2.32. The Morgan fingerprint density at radius 1 is 1.00 bits per heavy atom. The second kappa shape index (κ2) is 3.90. The van der Waals surface area contributed by atoms with Gasteiger partial charge >= 0.3 is 0 Å². The van der Waals surface area contributed by atoms with Crippen LogP contribution in [0.15, 0.2) is 48.5 Å². The Labute approximate surface area is 104 Å². The predicted molar refractivity (Wildman–Crippen MR) is 68.4 cm³/mol. The second-order valence-corrected chi connectivity index (χ2v) is 4.50. The van der Waals surface area contributed by atoms with Crippen LogP contribution >= 0.6 is 11.6 Å². The summed E-state index contributed by atoms with van der Waals surface area (Å²) in [5.41, 5.74) is 2.90. The van der Waals surface area contributed by atoms with Gasteiger partial charge in [-0.05, 0) is 29.3 Å². The molecule has 3 heteroatoms. The van der Waals surface area contributed by atoms with Gasteiger partial charge in [-0.3, -0.25) is 4.79 Å². The van der Waals surface area contributed by atoms with Gasteiger partial charge in [0.15, 0.2) is 0 Å². The predicted octanol–water partition coefficient (Wildman–Crippen LogP) is 3.42. The number of rotatable bonds is 1. The van der Waals surface area contributed by atoms with Crippen molar-refractivity contribution in [2.75, 3.05) is 5.32 Å². The quantitative estimate of drug-likeness (QED) is 0.817. The van der Waals surface area contributed by atoms with E-state index in [-0.39, 0.29) is 11.8 Å². The first kappa shape index (κ1) is 10.4. The van der Waals surface area contributed by atoms with Crippen molar-refractivity contribution in [1.82, 2.24) is 0 Å². The van der Waals surface area contributed by atoms with E-state index in [0.717, 1.165) is 16.8 Å². The minimum absolute atomic E-state index is 0.0218. The number of carbonyl (C=O) groups is 1. The van der Waals surface area contributed by atoms with Gasteiger partial charge in [0.1, 0.15) is 0 Å². The van der Waals surface area contributed by atoms with E-state index in [0.29, 0.717) is 5.02 Å². The second-order valence-electron chi connectivity index (χ2n) is 4.06. The molecule has 2 aromatic rings. The molecule has 1 unspecified atom stereocenters. The number of para-hydroxylation sites is 1. The number of amides is 1. The molecule has 0 spiro atoms. The van der Waals surface area contributed by atoms with Gasteiger partial charge in [0.2, 0.25) is 5.91 Å². The summed E-state index contributed by atoms with van der Waals surface area (Å²) >= 11 is 5.85. The van der Waals surface area contributed by atoms with E-state index in [1.807, 2.05) is 48.5 Å². The van der Waals surface area contributed by atoms with Gasteiger partial charge in [-0.25, -0.2) is 0 Å². The van der Waals surface area contributed by atoms with Gasteiger partial charge in [-0.1, -0.05) is 41.9 Å². The maximum atomic E-state index is 12.0. The van der Waals surface area contributed by atoms with E-state index in [1.165, 1.54) is 0 Å². The first-order valence-electron chi connectivity index (χ1n) is 5.41. The van der Waals surface area contributed by atoms with Gasteiger partial charge < -0.3 is 5.32 Å². The van der Waals surface area contributed by atoms with Crippen LogP contribution in [0, 0.1) is 0 Å². The molecule has 3 rings (SSSR count). The number of benzene rings is 2. The van der Waals surface area contributed by atoms with Crippen LogP contribution in [-0.2, 0) is 4.79 Å². The van der Waals surface area contributed by atoms with Crippen LogP contribution in [0.5, 0.6) is 0 Å². The third-order valence-corrected chi connectivity index (χ3v) is 3.25. The molecule has 0 saturated heterocycles. The molecule has 1 N–H and O–H groups in total. The van der Waals surface area contributed by atoms with Crippen molar-refractivity contribution in [2.45, 2.75) is 5.92 Å². The van der Waals surface area contributed by atoms with Gasteiger partial charge in [-0.2, -0.15) is 0 Å². The van der Waals surface area contributed by atoms with Gasteiger partial charge in [0, 0.05) is 10.7 Å². The normalized spacial score (nSPS) is 17.7. The highest BCUT2D eigenvalue weighted by atomic mass is 35.5. The average Bonchev–Trinajstić information content (AvgIpc) is 2.66. The molecule has 0 bridgehead atoms. The topological polar surface area (TPSA) is 29.1 Å². The third-order valence-electron chi connectivity index (χ3n) is 3.00. The number of hydrogen-bond acceptors (Lipinski definition) is 1. The molecule has 0 aromatic heterocycles. The lowest BCUT2D eigenvalue weighted by atomic mass is 9.93. The summed E-state index contributed by atoms with van der Waals surface area (Å²) in [7, 11) is 0. The van der Waals surface area contributed by atoms with E-state index in [2.05, 4.69) is 5.32 Å². The van der Waals surface area contributed by atoms with Gasteiger partial charge in [-0.15, -0.1) is 0 Å². The zero-order chi connectivity index (χ0) is 11.8. The average molecular weight is 244 g/mol. The Bertz CT molecular complexity index is 577. The van der Waals surface area contributed by atoms with Crippen LogP contribution < -0.4 is 5.32 Å². The van der Waals surface area contributed by atoms with Crippen molar-refractivity contribution in [2.24, 2.45) is 0 Å². The lowest BCUT2D eigenvalue weighted by Gasteiger charge is -2.08. The SMILES string of the molecule is O=C1Nc2ccccc2C1c1ccc(Cl)cc1. The highest BCUT2D eigenvalue weighted by Gasteiger charge is 2.31. The fourth-order valence-electron chi connectivity index (χ4n) is 2.19. The zero-order valence-corrected chi connectivity index (χ0v) is 9.74. The van der Waals surface area contributed by atoms with Crippen molar-refractivity contribution in [3.63, 3.8) is 0 Å². The highest BCUT2D eigenvalue weighted by molar-refractivity contribution is 6.30. The molecule has 1 heterocycles. The minimum atomic E-state index is -0.219.